The molecule has 0 saturated carbocycles. The van der Waals surface area contributed by atoms with Gasteiger partial charge in [-0.3, -0.25) is 19.5 Å². The normalized spacial score (nSPS) is 15.6. The van der Waals surface area contributed by atoms with E-state index in [4.69, 9.17) is 4.74 Å². The van der Waals surface area contributed by atoms with Crippen molar-refractivity contribution in [2.45, 2.75) is 38.5 Å². The Hall–Kier alpha value is -5.04. The van der Waals surface area contributed by atoms with E-state index in [2.05, 4.69) is 36.1 Å². The van der Waals surface area contributed by atoms with E-state index in [1.807, 2.05) is 43.3 Å². The predicted octanol–water partition coefficient (Wildman–Crippen LogP) is 2.18. The summed E-state index contributed by atoms with van der Waals surface area (Å²) in [6.07, 6.45) is 6.49. The summed E-state index contributed by atoms with van der Waals surface area (Å²) in [6.45, 7) is 2.80. The minimum absolute atomic E-state index is 0.0551. The Morgan fingerprint density at radius 2 is 1.98 bits per heavy atom. The number of pyridine rings is 1. The lowest BCUT2D eigenvalue weighted by atomic mass is 10.0. The van der Waals surface area contributed by atoms with Crippen LogP contribution in [0.25, 0.3) is 16.7 Å². The van der Waals surface area contributed by atoms with Crippen LogP contribution in [0.5, 0.6) is 0 Å². The summed E-state index contributed by atoms with van der Waals surface area (Å²) in [7, 11) is 0. The van der Waals surface area contributed by atoms with Crippen LogP contribution in [-0.4, -0.2) is 71.3 Å². The lowest BCUT2D eigenvalue weighted by molar-refractivity contribution is -0.127. The standard InChI is InChI=1S/C28H28N10O3/c1-19-15-21(8-9-24(19)37-18-31-33-35-37)38(26(39)17-36-25-7-3-2-6-23(25)32-34-36)27(20-10-12-29-13-11-20)28(40)30-16-22-5-4-14-41-22/h2-3,6-13,15,18,22,27H,4-5,14,16-17H2,1H3,(H,30,40)/t22-,27+/m0/s1. The van der Waals surface area contributed by atoms with Crippen molar-refractivity contribution in [3.63, 3.8) is 0 Å². The topological polar surface area (TPSA) is 146 Å². The summed E-state index contributed by atoms with van der Waals surface area (Å²) in [5.41, 5.74) is 4.10. The van der Waals surface area contributed by atoms with Crippen molar-refractivity contribution in [1.29, 1.82) is 0 Å². The number of benzene rings is 2. The van der Waals surface area contributed by atoms with Crippen LogP contribution in [0.15, 0.2) is 73.3 Å². The van der Waals surface area contributed by atoms with Crippen molar-refractivity contribution < 1.29 is 14.3 Å². The number of nitrogens with zero attached hydrogens (tertiary/aromatic N) is 9. The molecule has 1 fully saturated rings. The molecule has 0 aliphatic carbocycles. The minimum atomic E-state index is -0.986. The number of carbonyl (C=O) groups excluding carboxylic acids is 2. The summed E-state index contributed by atoms with van der Waals surface area (Å²) < 4.78 is 8.80. The van der Waals surface area contributed by atoms with Crippen LogP contribution in [0.4, 0.5) is 5.69 Å². The van der Waals surface area contributed by atoms with Gasteiger partial charge in [0.2, 0.25) is 11.8 Å². The Bertz CT molecular complexity index is 1650. The molecule has 0 bridgehead atoms. The molecule has 1 aliphatic heterocycles. The van der Waals surface area contributed by atoms with E-state index in [1.54, 1.807) is 40.0 Å². The number of anilines is 1. The molecular weight excluding hydrogens is 524 g/mol. The number of fused-ring (bicyclic) bond motifs is 1. The van der Waals surface area contributed by atoms with Gasteiger partial charge in [0.25, 0.3) is 0 Å². The third-order valence-electron chi connectivity index (χ3n) is 7.08. The second kappa shape index (κ2) is 11.6. The molecule has 1 N–H and O–H groups in total. The van der Waals surface area contributed by atoms with Crippen LogP contribution in [0.2, 0.25) is 0 Å². The molecule has 2 aromatic carbocycles. The first-order valence-corrected chi connectivity index (χ1v) is 13.3. The fraction of sp³-hybridized carbons (Fsp3) is 0.286. The predicted molar refractivity (Wildman–Crippen MR) is 148 cm³/mol. The number of tetrazole rings is 1. The van der Waals surface area contributed by atoms with Crippen LogP contribution in [0.1, 0.15) is 30.0 Å². The average molecular weight is 553 g/mol. The number of hydrogen-bond donors (Lipinski definition) is 1. The number of nitrogens with one attached hydrogen (secondary N) is 1. The molecular formula is C28H28N10O3. The van der Waals surface area contributed by atoms with E-state index < -0.39 is 6.04 Å². The highest BCUT2D eigenvalue weighted by molar-refractivity contribution is 6.01. The number of carbonyl (C=O) groups is 2. The van der Waals surface area contributed by atoms with E-state index in [1.165, 1.54) is 11.2 Å². The molecule has 2 atom stereocenters. The van der Waals surface area contributed by atoms with Gasteiger partial charge in [-0.2, -0.15) is 0 Å². The van der Waals surface area contributed by atoms with Crippen molar-refractivity contribution in [2.75, 3.05) is 18.1 Å². The van der Waals surface area contributed by atoms with Crippen LogP contribution >= 0.6 is 0 Å². The van der Waals surface area contributed by atoms with Crippen molar-refractivity contribution in [1.82, 2.24) is 45.5 Å². The first-order valence-electron chi connectivity index (χ1n) is 13.3. The average Bonchev–Trinajstić information content (AvgIpc) is 3.78. The van der Waals surface area contributed by atoms with Gasteiger partial charge in [-0.05, 0) is 83.8 Å². The molecule has 13 heteroatoms. The maximum absolute atomic E-state index is 14.2. The molecule has 5 aromatic rings. The highest BCUT2D eigenvalue weighted by atomic mass is 16.5. The van der Waals surface area contributed by atoms with Crippen LogP contribution in [0, 0.1) is 6.92 Å². The lowest BCUT2D eigenvalue weighted by Crippen LogP contribution is -2.46. The van der Waals surface area contributed by atoms with Gasteiger partial charge < -0.3 is 10.1 Å². The van der Waals surface area contributed by atoms with Gasteiger partial charge >= 0.3 is 0 Å². The highest BCUT2D eigenvalue weighted by Crippen LogP contribution is 2.31. The summed E-state index contributed by atoms with van der Waals surface area (Å²) in [6, 6.07) is 15.4. The number of amides is 2. The number of hydrogen-bond acceptors (Lipinski definition) is 9. The SMILES string of the molecule is Cc1cc(N(C(=O)Cn2nnc3ccccc32)[C@@H](C(=O)NC[C@@H]2CCCO2)c2ccncc2)ccc1-n1cnnn1. The van der Waals surface area contributed by atoms with Gasteiger partial charge in [-0.15, -0.1) is 10.2 Å². The smallest absolute Gasteiger partial charge is 0.249 e. The molecule has 2 amide bonds. The molecule has 41 heavy (non-hydrogen) atoms. The number of aromatic nitrogens is 8. The Balaban J connectivity index is 1.41. The van der Waals surface area contributed by atoms with E-state index in [9.17, 15) is 9.59 Å². The number of ether oxygens (including phenoxy) is 1. The maximum atomic E-state index is 14.2. The number of aryl methyl sites for hydroxylation is 1. The molecule has 13 nitrogen and oxygen atoms in total. The van der Waals surface area contributed by atoms with Gasteiger partial charge in [-0.1, -0.05) is 17.3 Å². The second-order valence-electron chi connectivity index (χ2n) is 9.79. The van der Waals surface area contributed by atoms with Crippen LogP contribution in [0.3, 0.4) is 0 Å². The van der Waals surface area contributed by atoms with Crippen molar-refractivity contribution in [3.05, 3.63) is 84.4 Å². The number of para-hydroxylation sites is 1. The fourth-order valence-electron chi connectivity index (χ4n) is 5.07. The van der Waals surface area contributed by atoms with Gasteiger partial charge in [0, 0.05) is 31.2 Å². The largest absolute Gasteiger partial charge is 0.376 e. The zero-order valence-electron chi connectivity index (χ0n) is 22.4. The maximum Gasteiger partial charge on any atom is 0.249 e. The first kappa shape index (κ1) is 26.2. The fourth-order valence-corrected chi connectivity index (χ4v) is 5.07. The zero-order valence-corrected chi connectivity index (χ0v) is 22.4. The van der Waals surface area contributed by atoms with Gasteiger partial charge in [0.1, 0.15) is 24.4 Å². The Morgan fingerprint density at radius 3 is 2.73 bits per heavy atom. The summed E-state index contributed by atoms with van der Waals surface area (Å²) in [4.78, 5) is 33.8. The third-order valence-corrected chi connectivity index (χ3v) is 7.08. The number of rotatable bonds is 9. The quantitative estimate of drug-likeness (QED) is 0.291. The molecule has 4 heterocycles. The summed E-state index contributed by atoms with van der Waals surface area (Å²) in [5, 5.41) is 22.8. The van der Waals surface area contributed by atoms with Gasteiger partial charge in [0.05, 0.1) is 17.3 Å². The monoisotopic (exact) mass is 552 g/mol. The van der Waals surface area contributed by atoms with Crippen molar-refractivity contribution in [2.24, 2.45) is 0 Å². The molecule has 0 spiro atoms. The molecule has 0 radical (unpaired) electrons. The minimum Gasteiger partial charge on any atom is -0.376 e. The summed E-state index contributed by atoms with van der Waals surface area (Å²) in [5.74, 6) is -0.671. The first-order chi connectivity index (χ1) is 20.1. The Kier molecular flexibility index (Phi) is 7.41. The van der Waals surface area contributed by atoms with E-state index in [0.29, 0.717) is 35.4 Å². The Labute approximate surface area is 235 Å². The van der Waals surface area contributed by atoms with Crippen molar-refractivity contribution in [3.8, 4) is 5.69 Å². The van der Waals surface area contributed by atoms with Crippen molar-refractivity contribution >= 4 is 28.5 Å². The van der Waals surface area contributed by atoms with Crippen LogP contribution < -0.4 is 10.2 Å². The molecule has 1 aliphatic rings. The van der Waals surface area contributed by atoms with Crippen LogP contribution in [-0.2, 0) is 20.9 Å². The molecule has 1 saturated heterocycles. The highest BCUT2D eigenvalue weighted by Gasteiger charge is 2.34. The van der Waals surface area contributed by atoms with E-state index >= 15 is 0 Å². The van der Waals surface area contributed by atoms with Gasteiger partial charge in [-0.25, -0.2) is 9.36 Å². The lowest BCUT2D eigenvalue weighted by Gasteiger charge is -2.32. The molecule has 208 valence electrons. The summed E-state index contributed by atoms with van der Waals surface area (Å²) >= 11 is 0. The Morgan fingerprint density at radius 1 is 1.12 bits per heavy atom. The molecule has 6 rings (SSSR count). The molecule has 3 aromatic heterocycles. The zero-order chi connectivity index (χ0) is 28.2. The third kappa shape index (κ3) is 5.52. The van der Waals surface area contributed by atoms with Gasteiger partial charge in [0.15, 0.2) is 0 Å². The van der Waals surface area contributed by atoms with E-state index in [0.717, 1.165) is 24.1 Å². The molecule has 0 unspecified atom stereocenters. The van der Waals surface area contributed by atoms with E-state index in [-0.39, 0.29) is 24.5 Å². The second-order valence-corrected chi connectivity index (χ2v) is 9.79.